The molecule has 4 rings (SSSR count). The Labute approximate surface area is 153 Å². The van der Waals surface area contributed by atoms with Crippen LogP contribution >= 0.6 is 0 Å². The Balaban J connectivity index is 1.61. The summed E-state index contributed by atoms with van der Waals surface area (Å²) < 4.78 is 5.67. The summed E-state index contributed by atoms with van der Waals surface area (Å²) in [5.41, 5.74) is 1.89. The minimum absolute atomic E-state index is 0.0253. The quantitative estimate of drug-likeness (QED) is 0.630. The van der Waals surface area contributed by atoms with Crippen LogP contribution in [-0.4, -0.2) is 49.2 Å². The average molecular weight is 367 g/mol. The van der Waals surface area contributed by atoms with Crippen molar-refractivity contribution in [3.63, 3.8) is 0 Å². The maximum absolute atomic E-state index is 12.6. The second kappa shape index (κ2) is 6.94. The molecule has 1 aliphatic heterocycles. The predicted octanol–water partition coefficient (Wildman–Crippen LogP) is 0.829. The highest BCUT2D eigenvalue weighted by Crippen LogP contribution is 2.37. The molecule has 3 aromatic rings. The molecule has 27 heavy (non-hydrogen) atoms. The fourth-order valence-electron chi connectivity index (χ4n) is 3.06. The first-order valence-electron chi connectivity index (χ1n) is 8.40. The molecule has 0 saturated carbocycles. The molecule has 9 nitrogen and oxygen atoms in total. The molecule has 9 heteroatoms. The third-order valence-electron chi connectivity index (χ3n) is 4.33. The molecule has 1 aromatic carbocycles. The van der Waals surface area contributed by atoms with Crippen LogP contribution in [0.2, 0.25) is 0 Å². The number of nitrogens with zero attached hydrogens (tertiary/aromatic N) is 3. The predicted molar refractivity (Wildman–Crippen MR) is 95.2 cm³/mol. The number of amides is 1. The Bertz CT molecular complexity index is 1030. The van der Waals surface area contributed by atoms with E-state index in [0.717, 1.165) is 11.1 Å². The van der Waals surface area contributed by atoms with Gasteiger partial charge in [-0.2, -0.15) is 5.10 Å². The second-order valence-electron chi connectivity index (χ2n) is 6.19. The number of hydrogen-bond acceptors (Lipinski definition) is 6. The minimum atomic E-state index is -0.451. The number of pyridine rings is 1. The van der Waals surface area contributed by atoms with E-state index in [4.69, 9.17) is 4.74 Å². The summed E-state index contributed by atoms with van der Waals surface area (Å²) in [5, 5.41) is 16.4. The number of carbonyl (C=O) groups excluding carboxylic acids is 1. The van der Waals surface area contributed by atoms with Gasteiger partial charge in [-0.15, -0.1) is 0 Å². The number of aromatic hydroxyl groups is 1. The van der Waals surface area contributed by atoms with E-state index in [2.05, 4.69) is 20.2 Å². The molecule has 0 aliphatic carbocycles. The van der Waals surface area contributed by atoms with Crippen LogP contribution in [0, 0.1) is 0 Å². The van der Waals surface area contributed by atoms with Crippen molar-refractivity contribution in [3.8, 4) is 22.6 Å². The second-order valence-corrected chi connectivity index (χ2v) is 6.19. The molecule has 3 N–H and O–H groups in total. The minimum Gasteiger partial charge on any atom is -0.504 e. The number of benzene rings is 1. The summed E-state index contributed by atoms with van der Waals surface area (Å²) in [4.78, 5) is 31.9. The molecule has 1 amide bonds. The molecule has 1 aliphatic rings. The maximum atomic E-state index is 12.6. The van der Waals surface area contributed by atoms with Crippen LogP contribution in [0.4, 0.5) is 0 Å². The highest BCUT2D eigenvalue weighted by molar-refractivity contribution is 5.78. The lowest BCUT2D eigenvalue weighted by Crippen LogP contribution is -2.34. The molecular formula is C18H17N5O4. The number of hydrogen-bond donors (Lipinski definition) is 3. The number of nitrogens with one attached hydrogen (secondary N) is 2. The summed E-state index contributed by atoms with van der Waals surface area (Å²) in [6, 6.07) is 7.22. The fourth-order valence-corrected chi connectivity index (χ4v) is 3.06. The highest BCUT2D eigenvalue weighted by atomic mass is 16.5. The molecule has 0 radical (unpaired) electrons. The molecule has 0 spiro atoms. The molecule has 0 fully saturated rings. The first kappa shape index (κ1) is 16.8. The Hall–Kier alpha value is -3.62. The van der Waals surface area contributed by atoms with E-state index in [1.807, 2.05) is 18.2 Å². The van der Waals surface area contributed by atoms with Gasteiger partial charge in [0, 0.05) is 30.1 Å². The lowest BCUT2D eigenvalue weighted by molar-refractivity contribution is -0.131. The first-order chi connectivity index (χ1) is 13.1. The van der Waals surface area contributed by atoms with Crippen LogP contribution in [0.5, 0.6) is 11.5 Å². The van der Waals surface area contributed by atoms with Gasteiger partial charge in [-0.25, -0.2) is 9.89 Å². The number of phenolic OH excluding ortho intramolecular Hbond substituents is 1. The number of phenols is 1. The van der Waals surface area contributed by atoms with Crippen molar-refractivity contribution < 1.29 is 14.6 Å². The molecule has 0 bridgehead atoms. The average Bonchev–Trinajstić information content (AvgIpc) is 2.95. The summed E-state index contributed by atoms with van der Waals surface area (Å²) in [6.45, 7) is 0.907. The van der Waals surface area contributed by atoms with Gasteiger partial charge < -0.3 is 14.7 Å². The van der Waals surface area contributed by atoms with E-state index < -0.39 is 5.69 Å². The molecule has 0 saturated heterocycles. The van der Waals surface area contributed by atoms with Crippen molar-refractivity contribution in [2.24, 2.45) is 0 Å². The van der Waals surface area contributed by atoms with Crippen molar-refractivity contribution in [2.75, 3.05) is 13.2 Å². The highest BCUT2D eigenvalue weighted by Gasteiger charge is 2.23. The topological polar surface area (TPSA) is 124 Å². The summed E-state index contributed by atoms with van der Waals surface area (Å²) >= 11 is 0. The van der Waals surface area contributed by atoms with Gasteiger partial charge in [0.15, 0.2) is 11.5 Å². The number of H-pyrrole nitrogens is 2. The molecule has 3 heterocycles. The number of ether oxygens (including phenoxy) is 1. The van der Waals surface area contributed by atoms with Gasteiger partial charge >= 0.3 is 5.69 Å². The summed E-state index contributed by atoms with van der Waals surface area (Å²) in [6.07, 6.45) is 3.35. The first-order valence-corrected chi connectivity index (χ1v) is 8.40. The van der Waals surface area contributed by atoms with Crippen molar-refractivity contribution in [1.29, 1.82) is 0 Å². The number of rotatable bonds is 3. The fraction of sp³-hybridized carbons (Fsp3) is 0.222. The van der Waals surface area contributed by atoms with Gasteiger partial charge in [0.2, 0.25) is 5.91 Å². The van der Waals surface area contributed by atoms with Crippen molar-refractivity contribution in [3.05, 3.63) is 58.5 Å². The van der Waals surface area contributed by atoms with E-state index in [1.54, 1.807) is 23.4 Å². The largest absolute Gasteiger partial charge is 0.504 e. The van der Waals surface area contributed by atoms with E-state index in [1.165, 1.54) is 0 Å². The van der Waals surface area contributed by atoms with E-state index in [-0.39, 0.29) is 37.1 Å². The van der Waals surface area contributed by atoms with Gasteiger partial charge in [-0.3, -0.25) is 14.8 Å². The van der Waals surface area contributed by atoms with E-state index in [0.29, 0.717) is 17.9 Å². The molecule has 138 valence electrons. The van der Waals surface area contributed by atoms with Crippen LogP contribution < -0.4 is 10.4 Å². The zero-order valence-corrected chi connectivity index (χ0v) is 14.3. The third kappa shape index (κ3) is 3.52. The van der Waals surface area contributed by atoms with Crippen molar-refractivity contribution >= 4 is 5.91 Å². The Morgan fingerprint density at radius 3 is 2.96 bits per heavy atom. The number of fused-ring (bicyclic) bond motifs is 1. The Morgan fingerprint density at radius 2 is 2.22 bits per heavy atom. The van der Waals surface area contributed by atoms with Crippen LogP contribution in [-0.2, 0) is 17.8 Å². The van der Waals surface area contributed by atoms with Gasteiger partial charge in [-0.05, 0) is 23.8 Å². The molecule has 0 atom stereocenters. The zero-order chi connectivity index (χ0) is 18.8. The van der Waals surface area contributed by atoms with Crippen LogP contribution in [0.3, 0.4) is 0 Å². The summed E-state index contributed by atoms with van der Waals surface area (Å²) in [5.74, 6) is 0.492. The monoisotopic (exact) mass is 367 g/mol. The van der Waals surface area contributed by atoms with Gasteiger partial charge in [0.05, 0.1) is 13.0 Å². The zero-order valence-electron chi connectivity index (χ0n) is 14.3. The third-order valence-corrected chi connectivity index (χ3v) is 4.33. The Kier molecular flexibility index (Phi) is 4.33. The maximum Gasteiger partial charge on any atom is 0.340 e. The molecule has 0 unspecified atom stereocenters. The normalized spacial score (nSPS) is 13.6. The number of aromatic nitrogens is 4. The molecule has 2 aromatic heterocycles. The van der Waals surface area contributed by atoms with Crippen LogP contribution in [0.15, 0.2) is 41.5 Å². The van der Waals surface area contributed by atoms with Gasteiger partial charge in [-0.1, -0.05) is 6.07 Å². The lowest BCUT2D eigenvalue weighted by Gasteiger charge is -2.19. The van der Waals surface area contributed by atoms with E-state index in [9.17, 15) is 14.7 Å². The van der Waals surface area contributed by atoms with Gasteiger partial charge in [0.25, 0.3) is 0 Å². The summed E-state index contributed by atoms with van der Waals surface area (Å²) in [7, 11) is 0. The standard InChI is InChI=1S/C18H17N5O4/c24-14-7-12(11-2-1-3-19-9-11)6-13-10-23(4-5-27-17(13)14)16(25)8-15-20-18(26)22-21-15/h1-3,6-7,9,24H,4-5,8,10H2,(H2,20,21,22,26). The van der Waals surface area contributed by atoms with Crippen molar-refractivity contribution in [1.82, 2.24) is 25.1 Å². The van der Waals surface area contributed by atoms with Crippen molar-refractivity contribution in [2.45, 2.75) is 13.0 Å². The smallest absolute Gasteiger partial charge is 0.340 e. The number of carbonyl (C=O) groups is 1. The van der Waals surface area contributed by atoms with E-state index >= 15 is 0 Å². The van der Waals surface area contributed by atoms with Crippen LogP contribution in [0.25, 0.3) is 11.1 Å². The SMILES string of the molecule is O=C(Cc1n[nH]c(=O)[nH]1)N1CCOc2c(O)cc(-c3cccnc3)cc2C1. The van der Waals surface area contributed by atoms with Gasteiger partial charge in [0.1, 0.15) is 12.4 Å². The number of aromatic amines is 2. The van der Waals surface area contributed by atoms with Crippen LogP contribution in [0.1, 0.15) is 11.4 Å². The lowest BCUT2D eigenvalue weighted by atomic mass is 10.0. The molecular weight excluding hydrogens is 350 g/mol. The Morgan fingerprint density at radius 1 is 1.33 bits per heavy atom.